The van der Waals surface area contributed by atoms with Gasteiger partial charge in [0, 0.05) is 5.92 Å². The molecule has 0 heterocycles. The highest BCUT2D eigenvalue weighted by Crippen LogP contribution is 2.23. The lowest BCUT2D eigenvalue weighted by Gasteiger charge is -2.09. The van der Waals surface area contributed by atoms with Gasteiger partial charge in [0.05, 0.1) is 24.7 Å². The molecule has 7 heteroatoms. The first kappa shape index (κ1) is 24.5. The molecule has 0 fully saturated rings. The van der Waals surface area contributed by atoms with Crippen LogP contribution in [0.3, 0.4) is 0 Å². The van der Waals surface area contributed by atoms with Gasteiger partial charge in [-0.2, -0.15) is 0 Å². The van der Waals surface area contributed by atoms with E-state index in [1.165, 1.54) is 24.3 Å². The third-order valence-electron chi connectivity index (χ3n) is 5.41. The third-order valence-corrected chi connectivity index (χ3v) is 5.41. The van der Waals surface area contributed by atoms with Crippen LogP contribution in [-0.2, 0) is 9.53 Å². The van der Waals surface area contributed by atoms with Crippen LogP contribution < -0.4 is 14.2 Å². The van der Waals surface area contributed by atoms with Crippen molar-refractivity contribution in [1.29, 1.82) is 0 Å². The number of rotatable bonds is 9. The summed E-state index contributed by atoms with van der Waals surface area (Å²) in [5.41, 5.74) is 1.79. The number of carbonyl (C=O) groups excluding carboxylic acids is 3. The van der Waals surface area contributed by atoms with E-state index >= 15 is 0 Å². The molecule has 0 unspecified atom stereocenters. The number of esters is 3. The highest BCUT2D eigenvalue weighted by atomic mass is 16.6. The van der Waals surface area contributed by atoms with Crippen LogP contribution in [-0.4, -0.2) is 31.6 Å². The van der Waals surface area contributed by atoms with Crippen molar-refractivity contribution in [2.45, 2.75) is 12.3 Å². The molecule has 0 bridgehead atoms. The van der Waals surface area contributed by atoms with E-state index in [1.807, 2.05) is 24.3 Å². The normalized spacial score (nSPS) is 12.2. The van der Waals surface area contributed by atoms with Crippen molar-refractivity contribution < 1.29 is 33.3 Å². The first-order chi connectivity index (χ1) is 17.5. The average Bonchev–Trinajstić information content (AvgIpc) is 3.45. The molecule has 3 aromatic carbocycles. The molecule has 7 nitrogen and oxygen atoms in total. The zero-order chi connectivity index (χ0) is 25.3. The van der Waals surface area contributed by atoms with E-state index in [9.17, 15) is 14.4 Å². The smallest absolute Gasteiger partial charge is 0.343 e. The fourth-order valence-corrected chi connectivity index (χ4v) is 3.46. The Hall–Kier alpha value is -4.65. The molecule has 0 N–H and O–H groups in total. The number of benzene rings is 3. The van der Waals surface area contributed by atoms with Gasteiger partial charge in [-0.25, -0.2) is 9.59 Å². The largest absolute Gasteiger partial charge is 0.497 e. The third kappa shape index (κ3) is 6.48. The maximum atomic E-state index is 12.3. The average molecular weight is 485 g/mol. The summed E-state index contributed by atoms with van der Waals surface area (Å²) in [7, 11) is 1.55. The molecule has 1 aliphatic carbocycles. The first-order valence-electron chi connectivity index (χ1n) is 11.3. The minimum atomic E-state index is -0.563. The first-order valence-corrected chi connectivity index (χ1v) is 11.3. The summed E-state index contributed by atoms with van der Waals surface area (Å²) in [4.78, 5) is 36.6. The van der Waals surface area contributed by atoms with E-state index in [4.69, 9.17) is 18.9 Å². The zero-order valence-corrected chi connectivity index (χ0v) is 19.6. The second kappa shape index (κ2) is 11.7. The monoisotopic (exact) mass is 484 g/mol. The van der Waals surface area contributed by atoms with Crippen LogP contribution in [0.15, 0.2) is 97.1 Å². The van der Waals surface area contributed by atoms with Crippen LogP contribution in [0.25, 0.3) is 0 Å². The zero-order valence-electron chi connectivity index (χ0n) is 19.6. The van der Waals surface area contributed by atoms with E-state index in [1.54, 1.807) is 43.5 Å². The fourth-order valence-electron chi connectivity index (χ4n) is 3.46. The van der Waals surface area contributed by atoms with Crippen LogP contribution in [0.1, 0.15) is 38.6 Å². The molecule has 0 radical (unpaired) electrons. The van der Waals surface area contributed by atoms with Crippen molar-refractivity contribution in [3.8, 4) is 17.2 Å². The van der Waals surface area contributed by atoms with E-state index in [-0.39, 0.29) is 24.7 Å². The molecule has 0 atom stereocenters. The minimum absolute atomic E-state index is 0.108. The van der Waals surface area contributed by atoms with E-state index in [0.717, 1.165) is 5.56 Å². The molecule has 36 heavy (non-hydrogen) atoms. The Morgan fingerprint density at radius 1 is 0.667 bits per heavy atom. The molecule has 0 saturated heterocycles. The fraction of sp³-hybridized carbons (Fsp3) is 0.138. The van der Waals surface area contributed by atoms with E-state index in [2.05, 4.69) is 12.2 Å². The lowest BCUT2D eigenvalue weighted by molar-refractivity contribution is -0.135. The minimum Gasteiger partial charge on any atom is -0.497 e. The lowest BCUT2D eigenvalue weighted by Crippen LogP contribution is -2.14. The van der Waals surface area contributed by atoms with Gasteiger partial charge in [-0.3, -0.25) is 4.79 Å². The van der Waals surface area contributed by atoms with Gasteiger partial charge in [-0.15, -0.1) is 0 Å². The Balaban J connectivity index is 1.20. The van der Waals surface area contributed by atoms with Crippen molar-refractivity contribution in [1.82, 2.24) is 0 Å². The quantitative estimate of drug-likeness (QED) is 0.302. The van der Waals surface area contributed by atoms with Crippen molar-refractivity contribution in [2.24, 2.45) is 0 Å². The topological polar surface area (TPSA) is 88.1 Å². The summed E-state index contributed by atoms with van der Waals surface area (Å²) in [5, 5.41) is 0. The standard InChI is InChI=1S/C29H24O7/c1-33-24-14-16-26(17-15-24)36-29(32)23-10-12-25(13-11-23)35-27(30)18-19-34-28(31)22-8-6-21(7-9-22)20-4-2-3-5-20/h2-17,20H,18-19H2,1H3. The van der Waals surface area contributed by atoms with Gasteiger partial charge in [0.25, 0.3) is 0 Å². The molecule has 1 aliphatic rings. The van der Waals surface area contributed by atoms with Gasteiger partial charge in [0.2, 0.25) is 0 Å². The summed E-state index contributed by atoms with van der Waals surface area (Å²) in [5.74, 6) is -0.104. The maximum absolute atomic E-state index is 12.3. The van der Waals surface area contributed by atoms with Crippen molar-refractivity contribution in [3.63, 3.8) is 0 Å². The second-order valence-corrected chi connectivity index (χ2v) is 7.87. The van der Waals surface area contributed by atoms with Crippen LogP contribution in [0, 0.1) is 0 Å². The molecular weight excluding hydrogens is 460 g/mol. The van der Waals surface area contributed by atoms with Gasteiger partial charge >= 0.3 is 17.9 Å². The van der Waals surface area contributed by atoms with Gasteiger partial charge in [0.15, 0.2) is 0 Å². The molecule has 3 aromatic rings. The highest BCUT2D eigenvalue weighted by molar-refractivity contribution is 5.91. The molecular formula is C29H24O7. The molecule has 0 aliphatic heterocycles. The Kier molecular flexibility index (Phi) is 7.93. The summed E-state index contributed by atoms with van der Waals surface area (Å²) >= 11 is 0. The summed E-state index contributed by atoms with van der Waals surface area (Å²) in [6.07, 6.45) is 8.00. The van der Waals surface area contributed by atoms with E-state index < -0.39 is 17.9 Å². The molecule has 0 saturated carbocycles. The number of hydrogen-bond acceptors (Lipinski definition) is 7. The molecule has 4 rings (SSSR count). The number of allylic oxidation sites excluding steroid dienone is 4. The number of methoxy groups -OCH3 is 1. The lowest BCUT2D eigenvalue weighted by atomic mass is 10.00. The Bertz CT molecular complexity index is 1260. The van der Waals surface area contributed by atoms with Crippen LogP contribution in [0.4, 0.5) is 0 Å². The van der Waals surface area contributed by atoms with Gasteiger partial charge in [-0.1, -0.05) is 36.4 Å². The Morgan fingerprint density at radius 3 is 1.83 bits per heavy atom. The SMILES string of the molecule is COc1ccc(OC(=O)c2ccc(OC(=O)CCOC(=O)c3ccc(C4C=CC=C4)cc3)cc2)cc1. The van der Waals surface area contributed by atoms with Crippen LogP contribution in [0.5, 0.6) is 17.2 Å². The number of hydrogen-bond donors (Lipinski definition) is 0. The number of carbonyl (C=O) groups is 3. The second-order valence-electron chi connectivity index (χ2n) is 7.87. The van der Waals surface area contributed by atoms with Crippen LogP contribution in [0.2, 0.25) is 0 Å². The summed E-state index contributed by atoms with van der Waals surface area (Å²) in [6.45, 7) is -0.111. The predicted molar refractivity (Wildman–Crippen MR) is 132 cm³/mol. The van der Waals surface area contributed by atoms with Crippen LogP contribution >= 0.6 is 0 Å². The summed E-state index contributed by atoms with van der Waals surface area (Å²) in [6, 6.07) is 19.8. The van der Waals surface area contributed by atoms with Crippen molar-refractivity contribution in [2.75, 3.05) is 13.7 Å². The predicted octanol–water partition coefficient (Wildman–Crippen LogP) is 5.28. The van der Waals surface area contributed by atoms with Crippen molar-refractivity contribution >= 4 is 17.9 Å². The maximum Gasteiger partial charge on any atom is 0.343 e. The molecule has 0 aromatic heterocycles. The van der Waals surface area contributed by atoms with Gasteiger partial charge < -0.3 is 18.9 Å². The van der Waals surface area contributed by atoms with Gasteiger partial charge in [0.1, 0.15) is 23.9 Å². The highest BCUT2D eigenvalue weighted by Gasteiger charge is 2.13. The molecule has 0 spiro atoms. The van der Waals surface area contributed by atoms with E-state index in [0.29, 0.717) is 22.6 Å². The Labute approximate surface area is 208 Å². The molecule has 0 amide bonds. The van der Waals surface area contributed by atoms with Gasteiger partial charge in [-0.05, 0) is 66.2 Å². The summed E-state index contributed by atoms with van der Waals surface area (Å²) < 4.78 is 20.8. The number of ether oxygens (including phenoxy) is 4. The Morgan fingerprint density at radius 2 is 1.19 bits per heavy atom. The van der Waals surface area contributed by atoms with Crippen molar-refractivity contribution in [3.05, 3.63) is 114 Å². The molecule has 182 valence electrons.